The van der Waals surface area contributed by atoms with Crippen molar-refractivity contribution in [3.8, 4) is 0 Å². The normalized spacial score (nSPS) is 11.2. The Morgan fingerprint density at radius 2 is 1.94 bits per heavy atom. The zero-order valence-electron chi connectivity index (χ0n) is 8.79. The number of nitrogens with one attached hydrogen (secondary N) is 2. The minimum atomic E-state index is -3.81. The number of aromatic amines is 1. The Hall–Kier alpha value is -1.93. The molecule has 0 aliphatic carbocycles. The fourth-order valence-corrected chi connectivity index (χ4v) is 2.19. The topological polar surface area (TPSA) is 105 Å². The highest BCUT2D eigenvalue weighted by Crippen LogP contribution is 2.12. The van der Waals surface area contributed by atoms with E-state index in [1.807, 2.05) is 0 Å². The minimum absolute atomic E-state index is 0.0330. The van der Waals surface area contributed by atoms with Crippen LogP contribution in [0, 0.1) is 0 Å². The third-order valence-corrected chi connectivity index (χ3v) is 3.49. The maximum atomic E-state index is 11.9. The highest BCUT2D eigenvalue weighted by atomic mass is 35.5. The molecule has 2 rings (SSSR count). The first-order valence-electron chi connectivity index (χ1n) is 4.68. The van der Waals surface area contributed by atoms with Gasteiger partial charge in [-0.2, -0.15) is 0 Å². The predicted octanol–water partition coefficient (Wildman–Crippen LogP) is 0.619. The van der Waals surface area contributed by atoms with E-state index in [-0.39, 0.29) is 21.4 Å². The molecule has 0 spiro atoms. The van der Waals surface area contributed by atoms with E-state index in [1.165, 1.54) is 18.2 Å². The molecule has 2 aromatic rings. The first-order chi connectivity index (χ1) is 8.47. The average molecular weight is 287 g/mol. The van der Waals surface area contributed by atoms with Crippen LogP contribution in [0.2, 0.25) is 5.15 Å². The number of sulfonamides is 1. The molecule has 2 heterocycles. The molecular weight excluding hydrogens is 280 g/mol. The average Bonchev–Trinajstić information content (AvgIpc) is 2.32. The third kappa shape index (κ3) is 2.84. The lowest BCUT2D eigenvalue weighted by molar-refractivity contribution is 0.600. The number of hydrogen-bond acceptors (Lipinski definition) is 5. The lowest BCUT2D eigenvalue weighted by Crippen LogP contribution is -2.16. The van der Waals surface area contributed by atoms with Gasteiger partial charge in [-0.1, -0.05) is 11.6 Å². The van der Waals surface area contributed by atoms with Gasteiger partial charge in [0.25, 0.3) is 10.0 Å². The second-order valence-electron chi connectivity index (χ2n) is 3.24. The number of hydrogen-bond donors (Lipinski definition) is 2. The first-order valence-corrected chi connectivity index (χ1v) is 6.54. The molecule has 2 aromatic heterocycles. The van der Waals surface area contributed by atoms with E-state index in [9.17, 15) is 13.2 Å². The van der Waals surface area contributed by atoms with Crippen LogP contribution in [0.5, 0.6) is 0 Å². The van der Waals surface area contributed by atoms with Crippen LogP contribution in [-0.2, 0) is 10.0 Å². The Morgan fingerprint density at radius 1 is 1.17 bits per heavy atom. The zero-order valence-corrected chi connectivity index (χ0v) is 10.4. The van der Waals surface area contributed by atoms with Crippen molar-refractivity contribution in [1.29, 1.82) is 0 Å². The molecular formula is C9H7ClN4O3S. The molecule has 7 nitrogen and oxygen atoms in total. The standard InChI is InChI=1S/C9H7ClN4O3S/c10-7-2-3-8(13-12-7)14-18(16,17)6-1-4-9(15)11-5-6/h1-5H,(H,11,15)(H,13,14). The predicted molar refractivity (Wildman–Crippen MR) is 64.9 cm³/mol. The Balaban J connectivity index is 2.29. The Morgan fingerprint density at radius 3 is 2.50 bits per heavy atom. The summed E-state index contributed by atoms with van der Waals surface area (Å²) < 4.78 is 25.9. The van der Waals surface area contributed by atoms with Gasteiger partial charge in [0.2, 0.25) is 5.56 Å². The smallest absolute Gasteiger partial charge is 0.264 e. The van der Waals surface area contributed by atoms with E-state index < -0.39 is 10.0 Å². The van der Waals surface area contributed by atoms with Crippen molar-refractivity contribution < 1.29 is 8.42 Å². The summed E-state index contributed by atoms with van der Waals surface area (Å²) in [5.74, 6) is 0.0330. The second-order valence-corrected chi connectivity index (χ2v) is 5.31. The lowest BCUT2D eigenvalue weighted by Gasteiger charge is -2.05. The van der Waals surface area contributed by atoms with E-state index >= 15 is 0 Å². The van der Waals surface area contributed by atoms with Gasteiger partial charge in [-0.05, 0) is 18.2 Å². The monoisotopic (exact) mass is 286 g/mol. The number of anilines is 1. The molecule has 9 heteroatoms. The molecule has 0 atom stereocenters. The summed E-state index contributed by atoms with van der Waals surface area (Å²) in [6, 6.07) is 5.07. The van der Waals surface area contributed by atoms with Crippen molar-refractivity contribution in [1.82, 2.24) is 15.2 Å². The summed E-state index contributed by atoms with van der Waals surface area (Å²) in [4.78, 5) is 13.0. The molecule has 0 saturated heterocycles. The summed E-state index contributed by atoms with van der Waals surface area (Å²) >= 11 is 5.53. The summed E-state index contributed by atoms with van der Waals surface area (Å²) in [5, 5.41) is 7.22. The van der Waals surface area contributed by atoms with Gasteiger partial charge in [0.15, 0.2) is 11.0 Å². The van der Waals surface area contributed by atoms with Crippen LogP contribution in [0.1, 0.15) is 0 Å². The summed E-state index contributed by atoms with van der Waals surface area (Å²) in [6.45, 7) is 0. The summed E-state index contributed by atoms with van der Waals surface area (Å²) in [5.41, 5.74) is -0.389. The molecule has 0 radical (unpaired) electrons. The zero-order chi connectivity index (χ0) is 13.2. The third-order valence-electron chi connectivity index (χ3n) is 1.94. The van der Waals surface area contributed by atoms with E-state index in [1.54, 1.807) is 0 Å². The SMILES string of the molecule is O=c1ccc(S(=O)(=O)Nc2ccc(Cl)nn2)c[nH]1. The van der Waals surface area contributed by atoms with E-state index in [4.69, 9.17) is 11.6 Å². The van der Waals surface area contributed by atoms with Crippen molar-refractivity contribution in [3.05, 3.63) is 46.0 Å². The summed E-state index contributed by atoms with van der Waals surface area (Å²) in [6.07, 6.45) is 1.09. The van der Waals surface area contributed by atoms with Crippen LogP contribution in [0.25, 0.3) is 0 Å². The van der Waals surface area contributed by atoms with E-state index in [0.717, 1.165) is 12.3 Å². The lowest BCUT2D eigenvalue weighted by atomic mass is 10.5. The van der Waals surface area contributed by atoms with Gasteiger partial charge in [0, 0.05) is 12.3 Å². The molecule has 2 N–H and O–H groups in total. The van der Waals surface area contributed by atoms with Crippen molar-refractivity contribution in [2.24, 2.45) is 0 Å². The molecule has 94 valence electrons. The number of aromatic nitrogens is 3. The van der Waals surface area contributed by atoms with Crippen LogP contribution in [-0.4, -0.2) is 23.6 Å². The minimum Gasteiger partial charge on any atom is -0.328 e. The molecule has 0 bridgehead atoms. The number of pyridine rings is 1. The van der Waals surface area contributed by atoms with Gasteiger partial charge in [-0.3, -0.25) is 9.52 Å². The van der Waals surface area contributed by atoms with Crippen LogP contribution in [0.15, 0.2) is 40.2 Å². The van der Waals surface area contributed by atoms with Crippen LogP contribution in [0.4, 0.5) is 5.82 Å². The molecule has 0 amide bonds. The highest BCUT2D eigenvalue weighted by Gasteiger charge is 2.14. The fraction of sp³-hybridized carbons (Fsp3) is 0. The van der Waals surface area contributed by atoms with Gasteiger partial charge in [0.1, 0.15) is 4.90 Å². The number of H-pyrrole nitrogens is 1. The van der Waals surface area contributed by atoms with E-state index in [0.29, 0.717) is 0 Å². The maximum absolute atomic E-state index is 11.9. The van der Waals surface area contributed by atoms with Gasteiger partial charge in [0.05, 0.1) is 0 Å². The molecule has 18 heavy (non-hydrogen) atoms. The number of rotatable bonds is 3. The molecule has 0 fully saturated rings. The van der Waals surface area contributed by atoms with Crippen LogP contribution in [0.3, 0.4) is 0 Å². The quantitative estimate of drug-likeness (QED) is 0.860. The van der Waals surface area contributed by atoms with Gasteiger partial charge >= 0.3 is 0 Å². The molecule has 0 aliphatic rings. The second kappa shape index (κ2) is 4.75. The summed E-state index contributed by atoms with van der Waals surface area (Å²) in [7, 11) is -3.81. The van der Waals surface area contributed by atoms with Crippen LogP contribution >= 0.6 is 11.6 Å². The van der Waals surface area contributed by atoms with Gasteiger partial charge < -0.3 is 4.98 Å². The molecule has 0 saturated carbocycles. The molecule has 0 unspecified atom stereocenters. The first kappa shape index (κ1) is 12.5. The number of halogens is 1. The Bertz CT molecular complexity index is 691. The maximum Gasteiger partial charge on any atom is 0.264 e. The van der Waals surface area contributed by atoms with Crippen molar-refractivity contribution in [2.75, 3.05) is 4.72 Å². The van der Waals surface area contributed by atoms with Crippen molar-refractivity contribution in [3.63, 3.8) is 0 Å². The van der Waals surface area contributed by atoms with Crippen LogP contribution < -0.4 is 10.3 Å². The van der Waals surface area contributed by atoms with Gasteiger partial charge in [-0.25, -0.2) is 8.42 Å². The Kier molecular flexibility index (Phi) is 3.30. The number of nitrogens with zero attached hydrogens (tertiary/aromatic N) is 2. The molecule has 0 aromatic carbocycles. The highest BCUT2D eigenvalue weighted by molar-refractivity contribution is 7.92. The fourth-order valence-electron chi connectivity index (χ4n) is 1.13. The Labute approximate surface area is 107 Å². The van der Waals surface area contributed by atoms with Gasteiger partial charge in [-0.15, -0.1) is 10.2 Å². The van der Waals surface area contributed by atoms with E-state index in [2.05, 4.69) is 19.9 Å². The largest absolute Gasteiger partial charge is 0.328 e. The molecule has 0 aliphatic heterocycles. The van der Waals surface area contributed by atoms with Crippen molar-refractivity contribution in [2.45, 2.75) is 4.90 Å². The van der Waals surface area contributed by atoms with Crippen molar-refractivity contribution >= 4 is 27.4 Å².